The van der Waals surface area contributed by atoms with Crippen LogP contribution in [0.5, 0.6) is 5.75 Å². The Kier molecular flexibility index (Phi) is 4.68. The molecular weight excluding hydrogens is 376 g/mol. The summed E-state index contributed by atoms with van der Waals surface area (Å²) in [7, 11) is 0. The zero-order valence-corrected chi connectivity index (χ0v) is 16.4. The van der Waals surface area contributed by atoms with Crippen LogP contribution in [0.2, 0.25) is 0 Å². The number of nitrogens with one attached hydrogen (secondary N) is 2. The lowest BCUT2D eigenvalue weighted by Crippen LogP contribution is -2.54. The number of hydrogen-bond acceptors (Lipinski definition) is 5. The lowest BCUT2D eigenvalue weighted by molar-refractivity contribution is -0.140. The van der Waals surface area contributed by atoms with Crippen molar-refractivity contribution in [3.05, 3.63) is 24.3 Å². The van der Waals surface area contributed by atoms with Gasteiger partial charge in [0.15, 0.2) is 6.10 Å². The van der Waals surface area contributed by atoms with E-state index in [1.54, 1.807) is 31.2 Å². The van der Waals surface area contributed by atoms with Gasteiger partial charge in [-0.25, -0.2) is 4.79 Å². The third-order valence-corrected chi connectivity index (χ3v) is 5.90. The van der Waals surface area contributed by atoms with Gasteiger partial charge in [-0.3, -0.25) is 24.7 Å². The third-order valence-electron chi connectivity index (χ3n) is 5.90. The number of amides is 5. The van der Waals surface area contributed by atoms with Crippen molar-refractivity contribution in [2.45, 2.75) is 51.2 Å². The minimum absolute atomic E-state index is 0.329. The van der Waals surface area contributed by atoms with E-state index in [1.807, 2.05) is 0 Å². The first kappa shape index (κ1) is 19.2. The summed E-state index contributed by atoms with van der Waals surface area (Å²) < 4.78 is 5.56. The van der Waals surface area contributed by atoms with Gasteiger partial charge in [0.05, 0.1) is 5.69 Å². The molecule has 0 bridgehead atoms. The molecular formula is C20H24N4O5. The molecule has 1 spiro atoms. The molecule has 0 radical (unpaired) electrons. The first-order chi connectivity index (χ1) is 13.8. The van der Waals surface area contributed by atoms with Gasteiger partial charge in [0, 0.05) is 0 Å². The average molecular weight is 400 g/mol. The maximum absolute atomic E-state index is 12.9. The molecule has 3 aliphatic rings. The number of para-hydroxylation sites is 2. The molecule has 2 heterocycles. The molecule has 154 valence electrons. The van der Waals surface area contributed by atoms with Crippen LogP contribution in [0.3, 0.4) is 0 Å². The van der Waals surface area contributed by atoms with Crippen molar-refractivity contribution in [2.24, 2.45) is 5.92 Å². The van der Waals surface area contributed by atoms with Crippen molar-refractivity contribution in [3.8, 4) is 5.75 Å². The van der Waals surface area contributed by atoms with Gasteiger partial charge in [0.2, 0.25) is 0 Å². The summed E-state index contributed by atoms with van der Waals surface area (Å²) in [5.41, 5.74) is 1.91. The van der Waals surface area contributed by atoms with Crippen molar-refractivity contribution in [2.75, 3.05) is 11.4 Å². The Balaban J connectivity index is 1.47. The topological polar surface area (TPSA) is 108 Å². The second-order valence-electron chi connectivity index (χ2n) is 8.02. The van der Waals surface area contributed by atoms with E-state index in [0.29, 0.717) is 30.2 Å². The number of nitrogens with zero attached hydrogens (tertiary/aromatic N) is 2. The van der Waals surface area contributed by atoms with E-state index >= 15 is 0 Å². The zero-order valence-electron chi connectivity index (χ0n) is 16.4. The normalized spacial score (nSPS) is 28.8. The molecule has 29 heavy (non-hydrogen) atoms. The second-order valence-corrected chi connectivity index (χ2v) is 8.02. The van der Waals surface area contributed by atoms with Gasteiger partial charge in [-0.05, 0) is 50.7 Å². The smallest absolute Gasteiger partial charge is 0.344 e. The molecule has 1 aromatic carbocycles. The summed E-state index contributed by atoms with van der Waals surface area (Å²) in [5, 5.41) is 3.50. The SMILES string of the molecule is CC1CCC2(CC1)NC(=O)N(NC(=O)CN1C(=O)C(C)Oc3ccccc31)C2=O. The Morgan fingerprint density at radius 2 is 1.90 bits per heavy atom. The van der Waals surface area contributed by atoms with Crippen molar-refractivity contribution in [1.29, 1.82) is 0 Å². The third kappa shape index (κ3) is 3.30. The number of rotatable bonds is 3. The van der Waals surface area contributed by atoms with E-state index in [0.717, 1.165) is 17.9 Å². The molecule has 5 amide bonds. The summed E-state index contributed by atoms with van der Waals surface area (Å²) in [6.45, 7) is 3.39. The number of benzene rings is 1. The molecule has 1 saturated heterocycles. The van der Waals surface area contributed by atoms with Crippen molar-refractivity contribution >= 4 is 29.4 Å². The minimum Gasteiger partial charge on any atom is -0.479 e. The van der Waals surface area contributed by atoms with Crippen LogP contribution < -0.4 is 20.4 Å². The number of fused-ring (bicyclic) bond motifs is 1. The molecule has 1 saturated carbocycles. The highest BCUT2D eigenvalue weighted by molar-refractivity contribution is 6.09. The van der Waals surface area contributed by atoms with Gasteiger partial charge < -0.3 is 10.1 Å². The van der Waals surface area contributed by atoms with Crippen LogP contribution in [0.25, 0.3) is 0 Å². The van der Waals surface area contributed by atoms with E-state index in [9.17, 15) is 19.2 Å². The van der Waals surface area contributed by atoms with Gasteiger partial charge in [-0.15, -0.1) is 0 Å². The van der Waals surface area contributed by atoms with E-state index in [-0.39, 0.29) is 12.5 Å². The molecule has 1 aliphatic carbocycles. The summed E-state index contributed by atoms with van der Waals surface area (Å²) >= 11 is 0. The van der Waals surface area contributed by atoms with Gasteiger partial charge in [0.25, 0.3) is 17.7 Å². The van der Waals surface area contributed by atoms with Crippen LogP contribution in [0.15, 0.2) is 24.3 Å². The predicted octanol–water partition coefficient (Wildman–Crippen LogP) is 1.33. The van der Waals surface area contributed by atoms with E-state index in [2.05, 4.69) is 17.7 Å². The molecule has 2 N–H and O–H groups in total. The highest BCUT2D eigenvalue weighted by Gasteiger charge is 2.53. The summed E-state index contributed by atoms with van der Waals surface area (Å²) in [6.07, 6.45) is 2.05. The number of carbonyl (C=O) groups is 4. The van der Waals surface area contributed by atoms with Crippen LogP contribution in [0.1, 0.15) is 39.5 Å². The number of anilines is 1. The number of imide groups is 1. The Labute approximate surface area is 168 Å². The lowest BCUT2D eigenvalue weighted by atomic mass is 9.77. The van der Waals surface area contributed by atoms with Crippen LogP contribution in [0.4, 0.5) is 10.5 Å². The monoisotopic (exact) mass is 400 g/mol. The maximum atomic E-state index is 12.9. The number of carbonyl (C=O) groups excluding carboxylic acids is 4. The molecule has 9 heteroatoms. The Morgan fingerprint density at radius 3 is 2.62 bits per heavy atom. The highest BCUT2D eigenvalue weighted by Crippen LogP contribution is 2.36. The molecule has 4 rings (SSSR count). The molecule has 1 aromatic rings. The average Bonchev–Trinajstić information content (AvgIpc) is 2.92. The van der Waals surface area contributed by atoms with Crippen molar-refractivity contribution in [3.63, 3.8) is 0 Å². The molecule has 1 unspecified atom stereocenters. The number of ether oxygens (including phenoxy) is 1. The van der Waals surface area contributed by atoms with Crippen LogP contribution >= 0.6 is 0 Å². The number of hydrogen-bond donors (Lipinski definition) is 2. The fraction of sp³-hybridized carbons (Fsp3) is 0.500. The van der Waals surface area contributed by atoms with Crippen molar-refractivity contribution < 1.29 is 23.9 Å². The van der Waals surface area contributed by atoms with Gasteiger partial charge in [-0.2, -0.15) is 5.01 Å². The lowest BCUT2D eigenvalue weighted by Gasteiger charge is -2.34. The van der Waals surface area contributed by atoms with E-state index < -0.39 is 29.5 Å². The van der Waals surface area contributed by atoms with Crippen LogP contribution in [-0.2, 0) is 14.4 Å². The van der Waals surface area contributed by atoms with Gasteiger partial charge in [0.1, 0.15) is 17.8 Å². The molecule has 9 nitrogen and oxygen atoms in total. The first-order valence-corrected chi connectivity index (χ1v) is 9.84. The van der Waals surface area contributed by atoms with Gasteiger partial charge in [-0.1, -0.05) is 19.1 Å². The van der Waals surface area contributed by atoms with Crippen LogP contribution in [-0.4, -0.2) is 46.9 Å². The minimum atomic E-state index is -0.938. The predicted molar refractivity (Wildman–Crippen MR) is 103 cm³/mol. The summed E-state index contributed by atoms with van der Waals surface area (Å²) in [6, 6.07) is 6.27. The van der Waals surface area contributed by atoms with Crippen molar-refractivity contribution in [1.82, 2.24) is 15.8 Å². The molecule has 0 aromatic heterocycles. The Hall–Kier alpha value is -3.10. The Morgan fingerprint density at radius 1 is 1.21 bits per heavy atom. The van der Waals surface area contributed by atoms with Crippen LogP contribution in [0, 0.1) is 5.92 Å². The largest absolute Gasteiger partial charge is 0.479 e. The molecule has 2 fully saturated rings. The van der Waals surface area contributed by atoms with Gasteiger partial charge >= 0.3 is 6.03 Å². The maximum Gasteiger partial charge on any atom is 0.344 e. The first-order valence-electron chi connectivity index (χ1n) is 9.84. The fourth-order valence-corrected chi connectivity index (χ4v) is 4.14. The van der Waals surface area contributed by atoms with E-state index in [1.165, 1.54) is 4.90 Å². The van der Waals surface area contributed by atoms with E-state index in [4.69, 9.17) is 4.74 Å². The summed E-state index contributed by atoms with van der Waals surface area (Å²) in [5.74, 6) is -0.438. The highest BCUT2D eigenvalue weighted by atomic mass is 16.5. The Bertz CT molecular complexity index is 877. The fourth-order valence-electron chi connectivity index (χ4n) is 4.14. The standard InChI is InChI=1S/C20H24N4O5/c1-12-7-9-20(10-8-12)18(27)24(19(28)21-20)22-16(25)11-23-14-5-3-4-6-15(14)29-13(2)17(23)26/h3-6,12-13H,7-11H2,1-2H3,(H,21,28)(H,22,25). The molecule has 2 aliphatic heterocycles. The number of urea groups is 1. The molecule has 1 atom stereocenters. The quantitative estimate of drug-likeness (QED) is 0.745. The zero-order chi connectivity index (χ0) is 20.8. The second kappa shape index (κ2) is 7.06. The summed E-state index contributed by atoms with van der Waals surface area (Å²) in [4.78, 5) is 51.7. The number of hydrazine groups is 1.